The highest BCUT2D eigenvalue weighted by Crippen LogP contribution is 2.32. The fourth-order valence-electron chi connectivity index (χ4n) is 1.75. The molecule has 2 nitrogen and oxygen atoms in total. The van der Waals surface area contributed by atoms with Crippen LogP contribution in [0, 0.1) is 13.8 Å². The molecule has 2 rings (SSSR count). The first-order valence-corrected chi connectivity index (χ1v) is 5.13. The minimum atomic E-state index is 0.695. The summed E-state index contributed by atoms with van der Waals surface area (Å²) in [6.45, 7) is 4.18. The largest absolute Gasteiger partial charge is 0.496 e. The summed E-state index contributed by atoms with van der Waals surface area (Å²) >= 11 is 0. The highest BCUT2D eigenvalue weighted by molar-refractivity contribution is 5.60. The molecular formula is C12H17NO. The molecule has 1 saturated carbocycles. The van der Waals surface area contributed by atoms with Gasteiger partial charge in [0.2, 0.25) is 0 Å². The van der Waals surface area contributed by atoms with Crippen LogP contribution in [-0.4, -0.2) is 13.2 Å². The van der Waals surface area contributed by atoms with Gasteiger partial charge in [0.1, 0.15) is 5.75 Å². The molecule has 0 bridgehead atoms. The summed E-state index contributed by atoms with van der Waals surface area (Å²) < 4.78 is 5.38. The third kappa shape index (κ3) is 1.69. The van der Waals surface area contributed by atoms with Crippen molar-refractivity contribution in [2.45, 2.75) is 32.7 Å². The van der Waals surface area contributed by atoms with E-state index in [9.17, 15) is 0 Å². The van der Waals surface area contributed by atoms with Gasteiger partial charge in [-0.05, 0) is 38.3 Å². The molecular weight excluding hydrogens is 174 g/mol. The Balaban J connectivity index is 2.30. The van der Waals surface area contributed by atoms with Crippen LogP contribution in [0.25, 0.3) is 0 Å². The van der Waals surface area contributed by atoms with E-state index in [0.29, 0.717) is 6.04 Å². The van der Waals surface area contributed by atoms with Crippen molar-refractivity contribution >= 4 is 5.69 Å². The van der Waals surface area contributed by atoms with Gasteiger partial charge in [0, 0.05) is 17.3 Å². The Bertz CT molecular complexity index is 342. The molecule has 0 unspecified atom stereocenters. The first-order valence-electron chi connectivity index (χ1n) is 5.13. The molecule has 1 N–H and O–H groups in total. The highest BCUT2D eigenvalue weighted by atomic mass is 16.5. The lowest BCUT2D eigenvalue weighted by Crippen LogP contribution is -2.04. The Hall–Kier alpha value is -1.18. The summed E-state index contributed by atoms with van der Waals surface area (Å²) in [5, 5.41) is 3.51. The average Bonchev–Trinajstić information content (AvgIpc) is 2.95. The summed E-state index contributed by atoms with van der Waals surface area (Å²) in [5.41, 5.74) is 3.64. The molecule has 0 atom stereocenters. The van der Waals surface area contributed by atoms with Crippen LogP contribution in [0.5, 0.6) is 5.75 Å². The van der Waals surface area contributed by atoms with Gasteiger partial charge in [-0.3, -0.25) is 0 Å². The van der Waals surface area contributed by atoms with Crippen molar-refractivity contribution in [3.8, 4) is 5.75 Å². The Morgan fingerprint density at radius 1 is 1.29 bits per heavy atom. The standard InChI is InChI=1S/C12H17NO/c1-8-4-7-11(13-10-5-6-10)9(2)12(8)14-3/h4,7,10,13H,5-6H2,1-3H3. The van der Waals surface area contributed by atoms with E-state index in [2.05, 4.69) is 31.3 Å². The van der Waals surface area contributed by atoms with Crippen molar-refractivity contribution in [3.05, 3.63) is 23.3 Å². The molecule has 0 saturated heterocycles. The minimum Gasteiger partial charge on any atom is -0.496 e. The Morgan fingerprint density at radius 3 is 2.57 bits per heavy atom. The minimum absolute atomic E-state index is 0.695. The topological polar surface area (TPSA) is 21.3 Å². The lowest BCUT2D eigenvalue weighted by molar-refractivity contribution is 0.409. The van der Waals surface area contributed by atoms with Crippen molar-refractivity contribution in [1.29, 1.82) is 0 Å². The summed E-state index contributed by atoms with van der Waals surface area (Å²) in [6, 6.07) is 4.95. The second-order valence-electron chi connectivity index (χ2n) is 4.01. The molecule has 14 heavy (non-hydrogen) atoms. The lowest BCUT2D eigenvalue weighted by Gasteiger charge is -2.14. The Labute approximate surface area is 85.3 Å². The number of aryl methyl sites for hydroxylation is 1. The SMILES string of the molecule is COc1c(C)ccc(NC2CC2)c1C. The van der Waals surface area contributed by atoms with E-state index in [1.807, 2.05) is 0 Å². The van der Waals surface area contributed by atoms with E-state index in [1.54, 1.807) is 7.11 Å². The fourth-order valence-corrected chi connectivity index (χ4v) is 1.75. The molecule has 1 aromatic carbocycles. The predicted molar refractivity (Wildman–Crippen MR) is 59.1 cm³/mol. The maximum Gasteiger partial charge on any atom is 0.126 e. The summed E-state index contributed by atoms with van der Waals surface area (Å²) in [7, 11) is 1.73. The molecule has 1 fully saturated rings. The zero-order chi connectivity index (χ0) is 10.1. The van der Waals surface area contributed by atoms with Gasteiger partial charge in [-0.1, -0.05) is 6.07 Å². The number of anilines is 1. The zero-order valence-corrected chi connectivity index (χ0v) is 9.05. The van der Waals surface area contributed by atoms with Crippen LogP contribution < -0.4 is 10.1 Å². The van der Waals surface area contributed by atoms with Crippen LogP contribution in [0.2, 0.25) is 0 Å². The monoisotopic (exact) mass is 191 g/mol. The number of nitrogens with one attached hydrogen (secondary N) is 1. The zero-order valence-electron chi connectivity index (χ0n) is 9.05. The van der Waals surface area contributed by atoms with Gasteiger partial charge in [-0.25, -0.2) is 0 Å². The Morgan fingerprint density at radius 2 is 2.00 bits per heavy atom. The molecule has 2 heteroatoms. The average molecular weight is 191 g/mol. The van der Waals surface area contributed by atoms with Crippen LogP contribution in [0.4, 0.5) is 5.69 Å². The van der Waals surface area contributed by atoms with E-state index in [4.69, 9.17) is 4.74 Å². The maximum atomic E-state index is 5.38. The number of hydrogen-bond acceptors (Lipinski definition) is 2. The normalized spacial score (nSPS) is 15.4. The molecule has 0 aliphatic heterocycles. The fraction of sp³-hybridized carbons (Fsp3) is 0.500. The number of rotatable bonds is 3. The highest BCUT2D eigenvalue weighted by Gasteiger charge is 2.22. The molecule has 0 heterocycles. The smallest absolute Gasteiger partial charge is 0.126 e. The molecule has 0 spiro atoms. The van der Waals surface area contributed by atoms with Gasteiger partial charge in [0.15, 0.2) is 0 Å². The van der Waals surface area contributed by atoms with Crippen molar-refractivity contribution in [1.82, 2.24) is 0 Å². The predicted octanol–water partition coefficient (Wildman–Crippen LogP) is 2.89. The van der Waals surface area contributed by atoms with Gasteiger partial charge in [-0.15, -0.1) is 0 Å². The van der Waals surface area contributed by atoms with E-state index in [-0.39, 0.29) is 0 Å². The first-order chi connectivity index (χ1) is 6.72. The molecule has 0 aromatic heterocycles. The molecule has 0 amide bonds. The molecule has 0 radical (unpaired) electrons. The van der Waals surface area contributed by atoms with Gasteiger partial charge < -0.3 is 10.1 Å². The Kier molecular flexibility index (Phi) is 2.36. The van der Waals surface area contributed by atoms with Gasteiger partial charge in [-0.2, -0.15) is 0 Å². The summed E-state index contributed by atoms with van der Waals surface area (Å²) in [6.07, 6.45) is 2.60. The van der Waals surface area contributed by atoms with Crippen molar-refractivity contribution in [3.63, 3.8) is 0 Å². The number of benzene rings is 1. The second-order valence-corrected chi connectivity index (χ2v) is 4.01. The van der Waals surface area contributed by atoms with E-state index in [1.165, 1.54) is 29.7 Å². The van der Waals surface area contributed by atoms with E-state index in [0.717, 1.165) is 5.75 Å². The molecule has 1 aliphatic rings. The van der Waals surface area contributed by atoms with E-state index < -0.39 is 0 Å². The quantitative estimate of drug-likeness (QED) is 0.793. The summed E-state index contributed by atoms with van der Waals surface area (Å²) in [5.74, 6) is 1.01. The molecule has 1 aliphatic carbocycles. The van der Waals surface area contributed by atoms with Gasteiger partial charge >= 0.3 is 0 Å². The van der Waals surface area contributed by atoms with Crippen molar-refractivity contribution < 1.29 is 4.74 Å². The van der Waals surface area contributed by atoms with Crippen LogP contribution in [0.15, 0.2) is 12.1 Å². The lowest BCUT2D eigenvalue weighted by atomic mass is 10.1. The number of hydrogen-bond donors (Lipinski definition) is 1. The summed E-state index contributed by atoms with van der Waals surface area (Å²) in [4.78, 5) is 0. The number of ether oxygens (including phenoxy) is 1. The van der Waals surface area contributed by atoms with Crippen LogP contribution in [-0.2, 0) is 0 Å². The van der Waals surface area contributed by atoms with Gasteiger partial charge in [0.25, 0.3) is 0 Å². The van der Waals surface area contributed by atoms with Crippen molar-refractivity contribution in [2.24, 2.45) is 0 Å². The van der Waals surface area contributed by atoms with Crippen LogP contribution in [0.1, 0.15) is 24.0 Å². The third-order valence-electron chi connectivity index (χ3n) is 2.74. The van der Waals surface area contributed by atoms with Gasteiger partial charge in [0.05, 0.1) is 7.11 Å². The van der Waals surface area contributed by atoms with E-state index >= 15 is 0 Å². The number of methoxy groups -OCH3 is 1. The maximum absolute atomic E-state index is 5.38. The van der Waals surface area contributed by atoms with Crippen LogP contribution >= 0.6 is 0 Å². The molecule has 1 aromatic rings. The molecule has 76 valence electrons. The third-order valence-corrected chi connectivity index (χ3v) is 2.74. The second kappa shape index (κ2) is 3.52. The van der Waals surface area contributed by atoms with Crippen LogP contribution in [0.3, 0.4) is 0 Å². The van der Waals surface area contributed by atoms with Crippen molar-refractivity contribution in [2.75, 3.05) is 12.4 Å². The first kappa shape index (κ1) is 9.38.